The minimum Gasteiger partial charge on any atom is -0.495 e. The maximum atomic E-state index is 12.9. The van der Waals surface area contributed by atoms with Gasteiger partial charge in [0.1, 0.15) is 11.5 Å². The first-order valence-electron chi connectivity index (χ1n) is 12.7. The molecule has 1 aliphatic carbocycles. The summed E-state index contributed by atoms with van der Waals surface area (Å²) in [6.45, 7) is 4.41. The van der Waals surface area contributed by atoms with E-state index < -0.39 is 17.3 Å². The zero-order chi connectivity index (χ0) is 25.8. The van der Waals surface area contributed by atoms with Gasteiger partial charge in [-0.2, -0.15) is 0 Å². The number of nitrogens with zero attached hydrogens (tertiary/aromatic N) is 3. The number of aliphatic hydroxyl groups is 2. The fourth-order valence-electron chi connectivity index (χ4n) is 6.76. The van der Waals surface area contributed by atoms with Crippen molar-refractivity contribution >= 4 is 15.9 Å². The molecule has 0 spiro atoms. The molecule has 2 unspecified atom stereocenters. The Kier molecular flexibility index (Phi) is 6.28. The van der Waals surface area contributed by atoms with Gasteiger partial charge in [-0.3, -0.25) is 4.98 Å². The van der Waals surface area contributed by atoms with E-state index in [9.17, 15) is 10.2 Å². The van der Waals surface area contributed by atoms with Gasteiger partial charge in [0.15, 0.2) is 11.2 Å². The van der Waals surface area contributed by atoms with Crippen LogP contribution in [0.5, 0.6) is 11.5 Å². The highest BCUT2D eigenvalue weighted by Crippen LogP contribution is 2.69. The molecular weight excluding hydrogens is 534 g/mol. The highest BCUT2D eigenvalue weighted by Gasteiger charge is 2.76. The van der Waals surface area contributed by atoms with E-state index in [1.54, 1.807) is 19.5 Å². The molecule has 6 rings (SSSR count). The molecule has 2 aromatic carbocycles. The molecule has 1 aromatic heterocycles. The Morgan fingerprint density at radius 3 is 2.43 bits per heavy atom. The lowest BCUT2D eigenvalue weighted by molar-refractivity contribution is -0.152. The van der Waals surface area contributed by atoms with Gasteiger partial charge in [0.25, 0.3) is 0 Å². The number of methoxy groups -OCH3 is 1. The van der Waals surface area contributed by atoms with Crippen LogP contribution in [0.1, 0.15) is 22.6 Å². The normalized spacial score (nSPS) is 31.5. The van der Waals surface area contributed by atoms with Gasteiger partial charge in [-0.1, -0.05) is 58.4 Å². The molecule has 1 saturated carbocycles. The van der Waals surface area contributed by atoms with Gasteiger partial charge in [-0.25, -0.2) is 0 Å². The maximum absolute atomic E-state index is 12.9. The lowest BCUT2D eigenvalue weighted by atomic mass is 9.70. The average Bonchev–Trinajstić information content (AvgIpc) is 3.29. The second-order valence-corrected chi connectivity index (χ2v) is 11.3. The predicted octanol–water partition coefficient (Wildman–Crippen LogP) is 3.35. The van der Waals surface area contributed by atoms with E-state index in [1.165, 1.54) is 0 Å². The van der Waals surface area contributed by atoms with Crippen LogP contribution >= 0.6 is 15.9 Å². The summed E-state index contributed by atoms with van der Waals surface area (Å²) in [6, 6.07) is 18.0. The van der Waals surface area contributed by atoms with Crippen molar-refractivity contribution in [2.45, 2.75) is 23.2 Å². The first-order chi connectivity index (χ1) is 17.9. The Morgan fingerprint density at radius 2 is 1.76 bits per heavy atom. The molecule has 194 valence electrons. The van der Waals surface area contributed by atoms with Crippen molar-refractivity contribution < 1.29 is 19.7 Å². The summed E-state index contributed by atoms with van der Waals surface area (Å²) in [4.78, 5) is 9.02. The standard InChI is InChI=1S/C29H32BrN3O4/c1-32-12-14-33(15-13-32)18-22-25(19-6-4-3-5-7-19)29(20-8-10-21(30)11-9-20)28(35,27(22)34)26-23(36-2)16-31-17-24(26)37-29/h3-11,16-17,22,25,27,34-35H,12-15,18H2,1-2H3/t22-,25?,27-,28+,29?/m1/s1. The number of pyridine rings is 1. The Bertz CT molecular complexity index is 1270. The SMILES string of the molecule is COc1cncc2c1[C@]1(O)[C@H](O)[C@H](CN3CCN(C)CC3)C(c3ccccc3)C1(c1ccc(Br)cc1)O2. The van der Waals surface area contributed by atoms with Crippen LogP contribution in [-0.2, 0) is 11.2 Å². The number of likely N-dealkylation sites (N-methyl/N-ethyl adjacent to an activating group) is 1. The Labute approximate surface area is 225 Å². The van der Waals surface area contributed by atoms with E-state index in [0.29, 0.717) is 23.6 Å². The predicted molar refractivity (Wildman–Crippen MR) is 144 cm³/mol. The summed E-state index contributed by atoms with van der Waals surface area (Å²) in [5.41, 5.74) is -0.779. The van der Waals surface area contributed by atoms with Crippen molar-refractivity contribution in [3.63, 3.8) is 0 Å². The molecule has 3 aliphatic rings. The van der Waals surface area contributed by atoms with E-state index in [1.807, 2.05) is 42.5 Å². The van der Waals surface area contributed by atoms with Crippen LogP contribution in [0.3, 0.4) is 0 Å². The molecule has 3 heterocycles. The van der Waals surface area contributed by atoms with Gasteiger partial charge in [0.05, 0.1) is 31.2 Å². The van der Waals surface area contributed by atoms with E-state index in [4.69, 9.17) is 9.47 Å². The number of ether oxygens (including phenoxy) is 2. The minimum atomic E-state index is -1.76. The Balaban J connectivity index is 1.58. The molecule has 8 heteroatoms. The van der Waals surface area contributed by atoms with Crippen LogP contribution in [0.25, 0.3) is 0 Å². The monoisotopic (exact) mass is 565 g/mol. The summed E-state index contributed by atoms with van der Waals surface area (Å²) in [6.07, 6.45) is 2.08. The third kappa shape index (κ3) is 3.65. The molecule has 1 saturated heterocycles. The minimum absolute atomic E-state index is 0.300. The number of piperazine rings is 1. The molecule has 2 N–H and O–H groups in total. The van der Waals surface area contributed by atoms with Crippen LogP contribution in [0.4, 0.5) is 0 Å². The lowest BCUT2D eigenvalue weighted by Crippen LogP contribution is -2.52. The van der Waals surface area contributed by atoms with Crippen LogP contribution in [0, 0.1) is 5.92 Å². The van der Waals surface area contributed by atoms with Crippen molar-refractivity contribution in [1.29, 1.82) is 0 Å². The number of aromatic nitrogens is 1. The number of rotatable bonds is 5. The first-order valence-corrected chi connectivity index (χ1v) is 13.5. The van der Waals surface area contributed by atoms with Crippen molar-refractivity contribution in [3.8, 4) is 11.5 Å². The van der Waals surface area contributed by atoms with Crippen LogP contribution in [-0.4, -0.2) is 78.0 Å². The van der Waals surface area contributed by atoms with Crippen molar-refractivity contribution in [1.82, 2.24) is 14.8 Å². The molecule has 7 nitrogen and oxygen atoms in total. The van der Waals surface area contributed by atoms with Crippen LogP contribution in [0.2, 0.25) is 0 Å². The number of aliphatic hydroxyl groups excluding tert-OH is 1. The maximum Gasteiger partial charge on any atom is 0.177 e. The summed E-state index contributed by atoms with van der Waals surface area (Å²) < 4.78 is 13.5. The Hall–Kier alpha value is -2.49. The van der Waals surface area contributed by atoms with Gasteiger partial charge in [-0.15, -0.1) is 0 Å². The lowest BCUT2D eigenvalue weighted by Gasteiger charge is -2.41. The van der Waals surface area contributed by atoms with Gasteiger partial charge in [0, 0.05) is 49.0 Å². The number of benzene rings is 2. The van der Waals surface area contributed by atoms with Gasteiger partial charge >= 0.3 is 0 Å². The molecule has 37 heavy (non-hydrogen) atoms. The third-order valence-electron chi connectivity index (χ3n) is 8.51. The van der Waals surface area contributed by atoms with Gasteiger partial charge < -0.3 is 29.5 Å². The topological polar surface area (TPSA) is 78.3 Å². The second-order valence-electron chi connectivity index (χ2n) is 10.4. The molecule has 2 fully saturated rings. The molecule has 5 atom stereocenters. The van der Waals surface area contributed by atoms with Gasteiger partial charge in [-0.05, 0) is 30.3 Å². The van der Waals surface area contributed by atoms with Crippen molar-refractivity contribution in [2.75, 3.05) is 46.9 Å². The van der Waals surface area contributed by atoms with E-state index in [2.05, 4.69) is 49.9 Å². The van der Waals surface area contributed by atoms with Crippen LogP contribution in [0.15, 0.2) is 71.5 Å². The molecule has 0 bridgehead atoms. The highest BCUT2D eigenvalue weighted by atomic mass is 79.9. The average molecular weight is 566 g/mol. The number of hydrogen-bond acceptors (Lipinski definition) is 7. The smallest absolute Gasteiger partial charge is 0.177 e. The van der Waals surface area contributed by atoms with Gasteiger partial charge in [0.2, 0.25) is 0 Å². The number of halogens is 1. The molecule has 2 aliphatic heterocycles. The highest BCUT2D eigenvalue weighted by molar-refractivity contribution is 9.10. The molecule has 0 radical (unpaired) electrons. The second kappa shape index (κ2) is 9.36. The zero-order valence-corrected chi connectivity index (χ0v) is 22.6. The molecule has 3 aromatic rings. The zero-order valence-electron chi connectivity index (χ0n) is 21.0. The number of hydrogen-bond donors (Lipinski definition) is 2. The summed E-state index contributed by atoms with van der Waals surface area (Å²) in [7, 11) is 3.69. The van der Waals surface area contributed by atoms with Crippen molar-refractivity contribution in [2.24, 2.45) is 5.92 Å². The van der Waals surface area contributed by atoms with Crippen LogP contribution < -0.4 is 9.47 Å². The van der Waals surface area contributed by atoms with E-state index in [-0.39, 0.29) is 11.8 Å². The molecule has 0 amide bonds. The number of fused-ring (bicyclic) bond motifs is 3. The van der Waals surface area contributed by atoms with E-state index in [0.717, 1.165) is 41.8 Å². The Morgan fingerprint density at radius 1 is 1.05 bits per heavy atom. The quantitative estimate of drug-likeness (QED) is 0.491. The summed E-state index contributed by atoms with van der Waals surface area (Å²) in [5.74, 6) is 0.199. The third-order valence-corrected chi connectivity index (χ3v) is 9.04. The first kappa shape index (κ1) is 24.8. The van der Waals surface area contributed by atoms with Crippen molar-refractivity contribution in [3.05, 3.63) is 88.2 Å². The van der Waals surface area contributed by atoms with E-state index >= 15 is 0 Å². The fourth-order valence-corrected chi connectivity index (χ4v) is 7.03. The fraction of sp³-hybridized carbons (Fsp3) is 0.414. The summed E-state index contributed by atoms with van der Waals surface area (Å²) >= 11 is 3.55. The summed E-state index contributed by atoms with van der Waals surface area (Å²) in [5, 5.41) is 25.1. The largest absolute Gasteiger partial charge is 0.495 e. The molecular formula is C29H32BrN3O4.